The van der Waals surface area contributed by atoms with E-state index in [2.05, 4.69) is 9.80 Å². The number of nitrogens with zero attached hydrogens (tertiary/aromatic N) is 3. The maximum atomic E-state index is 12.0. The summed E-state index contributed by atoms with van der Waals surface area (Å²) in [5.41, 5.74) is 0. The van der Waals surface area contributed by atoms with Gasteiger partial charge in [0.05, 0.1) is 11.1 Å². The molecule has 1 aromatic rings. The quantitative estimate of drug-likeness (QED) is 0.792. The van der Waals surface area contributed by atoms with Crippen molar-refractivity contribution in [1.29, 1.82) is 0 Å². The molecule has 1 atom stereocenters. The Morgan fingerprint density at radius 1 is 1.26 bits per heavy atom. The van der Waals surface area contributed by atoms with Gasteiger partial charge in [-0.2, -0.15) is 0 Å². The molecule has 1 amide bonds. The molecule has 5 nitrogen and oxygen atoms in total. The highest BCUT2D eigenvalue weighted by atomic mass is 35.5. The Bertz CT molecular complexity index is 516. The van der Waals surface area contributed by atoms with Crippen molar-refractivity contribution in [2.24, 2.45) is 0 Å². The zero-order chi connectivity index (χ0) is 16.8. The molecule has 1 unspecified atom stereocenters. The lowest BCUT2D eigenvalue weighted by Gasteiger charge is -2.38. The molecule has 1 aliphatic heterocycles. The van der Waals surface area contributed by atoms with Gasteiger partial charge in [-0.1, -0.05) is 23.7 Å². The minimum Gasteiger partial charge on any atom is -0.491 e. The maximum Gasteiger partial charge on any atom is 0.239 e. The number of amides is 1. The molecule has 128 valence electrons. The van der Waals surface area contributed by atoms with Crippen LogP contribution in [0.15, 0.2) is 24.3 Å². The Labute approximate surface area is 143 Å². The Morgan fingerprint density at radius 2 is 1.91 bits per heavy atom. The van der Waals surface area contributed by atoms with Crippen LogP contribution in [0.3, 0.4) is 0 Å². The second-order valence-corrected chi connectivity index (χ2v) is 6.47. The van der Waals surface area contributed by atoms with Crippen LogP contribution in [0.2, 0.25) is 5.02 Å². The molecule has 1 fully saturated rings. The lowest BCUT2D eigenvalue weighted by Crippen LogP contribution is -2.54. The molecule has 0 aliphatic carbocycles. The monoisotopic (exact) mass is 339 g/mol. The smallest absolute Gasteiger partial charge is 0.239 e. The van der Waals surface area contributed by atoms with Crippen molar-refractivity contribution in [3.05, 3.63) is 29.3 Å². The maximum absolute atomic E-state index is 12.0. The highest BCUT2D eigenvalue weighted by molar-refractivity contribution is 6.32. The zero-order valence-electron chi connectivity index (χ0n) is 14.2. The van der Waals surface area contributed by atoms with Gasteiger partial charge in [-0.3, -0.25) is 14.6 Å². The second kappa shape index (κ2) is 8.52. The van der Waals surface area contributed by atoms with Crippen molar-refractivity contribution in [2.75, 3.05) is 53.4 Å². The molecule has 1 aromatic carbocycles. The highest BCUT2D eigenvalue weighted by Crippen LogP contribution is 2.22. The minimum absolute atomic E-state index is 0.0495. The van der Waals surface area contributed by atoms with E-state index < -0.39 is 0 Å². The number of para-hydroxylation sites is 1. The van der Waals surface area contributed by atoms with Crippen LogP contribution in [0, 0.1) is 0 Å². The Kier molecular flexibility index (Phi) is 6.69. The van der Waals surface area contributed by atoms with Crippen molar-refractivity contribution in [1.82, 2.24) is 14.7 Å². The molecule has 2 rings (SSSR count). The first-order valence-corrected chi connectivity index (χ1v) is 8.41. The predicted octanol–water partition coefficient (Wildman–Crippen LogP) is 1.81. The second-order valence-electron chi connectivity index (χ2n) is 6.07. The largest absolute Gasteiger partial charge is 0.491 e. The number of hydrogen-bond donors (Lipinski definition) is 0. The normalized spacial score (nSPS) is 17.7. The molecular formula is C17H26ClN3O2. The van der Waals surface area contributed by atoms with E-state index in [1.807, 2.05) is 31.2 Å². The van der Waals surface area contributed by atoms with Crippen LogP contribution in [0.1, 0.15) is 6.92 Å². The molecule has 0 N–H and O–H groups in total. The Hall–Kier alpha value is -1.30. The summed E-state index contributed by atoms with van der Waals surface area (Å²) >= 11 is 6.07. The number of likely N-dealkylation sites (N-methyl/N-ethyl adjacent to an activating group) is 1. The summed E-state index contributed by atoms with van der Waals surface area (Å²) in [7, 11) is 3.61. The summed E-state index contributed by atoms with van der Waals surface area (Å²) < 4.78 is 5.74. The van der Waals surface area contributed by atoms with E-state index in [0.717, 1.165) is 38.5 Å². The number of rotatable bonds is 6. The van der Waals surface area contributed by atoms with E-state index in [4.69, 9.17) is 16.3 Å². The topological polar surface area (TPSA) is 36.0 Å². The highest BCUT2D eigenvalue weighted by Gasteiger charge is 2.26. The molecule has 23 heavy (non-hydrogen) atoms. The third kappa shape index (κ3) is 5.09. The summed E-state index contributed by atoms with van der Waals surface area (Å²) in [6, 6.07) is 7.48. The average molecular weight is 340 g/mol. The minimum atomic E-state index is -0.0495. The average Bonchev–Trinajstić information content (AvgIpc) is 2.56. The van der Waals surface area contributed by atoms with E-state index in [9.17, 15) is 4.79 Å². The van der Waals surface area contributed by atoms with E-state index in [1.165, 1.54) is 0 Å². The van der Waals surface area contributed by atoms with Gasteiger partial charge in [0, 0.05) is 46.8 Å². The molecule has 0 spiro atoms. The third-order valence-corrected chi connectivity index (χ3v) is 4.57. The van der Waals surface area contributed by atoms with Crippen molar-refractivity contribution < 1.29 is 9.53 Å². The van der Waals surface area contributed by atoms with Gasteiger partial charge in [0.1, 0.15) is 12.4 Å². The van der Waals surface area contributed by atoms with Gasteiger partial charge in [0.2, 0.25) is 5.91 Å². The van der Waals surface area contributed by atoms with Crippen LogP contribution < -0.4 is 4.74 Å². The summed E-state index contributed by atoms with van der Waals surface area (Å²) in [5, 5.41) is 0.647. The fraction of sp³-hybridized carbons (Fsp3) is 0.588. The van der Waals surface area contributed by atoms with Crippen molar-refractivity contribution in [2.45, 2.75) is 13.0 Å². The van der Waals surface area contributed by atoms with Crippen molar-refractivity contribution in [3.63, 3.8) is 0 Å². The molecule has 6 heteroatoms. The van der Waals surface area contributed by atoms with Gasteiger partial charge < -0.3 is 9.64 Å². The van der Waals surface area contributed by atoms with Crippen LogP contribution in [0.25, 0.3) is 0 Å². The molecule has 0 aromatic heterocycles. The van der Waals surface area contributed by atoms with Crippen LogP contribution in [0.5, 0.6) is 5.75 Å². The van der Waals surface area contributed by atoms with E-state index in [1.54, 1.807) is 19.0 Å². The Morgan fingerprint density at radius 3 is 2.52 bits per heavy atom. The molecule has 1 heterocycles. The molecule has 1 aliphatic rings. The number of benzene rings is 1. The fourth-order valence-electron chi connectivity index (χ4n) is 2.75. The van der Waals surface area contributed by atoms with Crippen LogP contribution in [0.4, 0.5) is 0 Å². The predicted molar refractivity (Wildman–Crippen MR) is 93.1 cm³/mol. The van der Waals surface area contributed by atoms with Crippen molar-refractivity contribution >= 4 is 17.5 Å². The standard InChI is InChI=1S/C17H26ClN3O2/c1-14(17(22)19(2)3)21-10-8-20(9-11-21)12-13-23-16-7-5-4-6-15(16)18/h4-7,14H,8-13H2,1-3H3. The molecule has 0 bridgehead atoms. The first-order valence-electron chi connectivity index (χ1n) is 8.04. The summed E-state index contributed by atoms with van der Waals surface area (Å²) in [4.78, 5) is 18.3. The zero-order valence-corrected chi connectivity index (χ0v) is 14.9. The lowest BCUT2D eigenvalue weighted by atomic mass is 10.2. The first-order chi connectivity index (χ1) is 11.0. The lowest BCUT2D eigenvalue weighted by molar-refractivity contribution is -0.134. The van der Waals surface area contributed by atoms with Gasteiger partial charge in [-0.25, -0.2) is 0 Å². The van der Waals surface area contributed by atoms with E-state index in [-0.39, 0.29) is 11.9 Å². The fourth-order valence-corrected chi connectivity index (χ4v) is 2.94. The van der Waals surface area contributed by atoms with Gasteiger partial charge >= 0.3 is 0 Å². The number of halogens is 1. The summed E-state index contributed by atoms with van der Waals surface area (Å²) in [6.45, 7) is 7.21. The number of piperazine rings is 1. The molecule has 0 radical (unpaired) electrons. The van der Waals surface area contributed by atoms with Gasteiger partial charge in [0.25, 0.3) is 0 Å². The SMILES string of the molecule is CC(C(=O)N(C)C)N1CCN(CCOc2ccccc2Cl)CC1. The van der Waals surface area contributed by atoms with Gasteiger partial charge in [0.15, 0.2) is 0 Å². The van der Waals surface area contributed by atoms with E-state index in [0.29, 0.717) is 11.6 Å². The number of carbonyl (C=O) groups excluding carboxylic acids is 1. The summed E-state index contributed by atoms with van der Waals surface area (Å²) in [5.74, 6) is 0.901. The third-order valence-electron chi connectivity index (χ3n) is 4.25. The van der Waals surface area contributed by atoms with Crippen LogP contribution in [-0.4, -0.2) is 80.1 Å². The van der Waals surface area contributed by atoms with E-state index >= 15 is 0 Å². The number of carbonyl (C=O) groups is 1. The van der Waals surface area contributed by atoms with Crippen LogP contribution in [-0.2, 0) is 4.79 Å². The van der Waals surface area contributed by atoms with Gasteiger partial charge in [-0.05, 0) is 19.1 Å². The number of ether oxygens (including phenoxy) is 1. The Balaban J connectivity index is 1.71. The molecule has 0 saturated carbocycles. The molecule has 1 saturated heterocycles. The van der Waals surface area contributed by atoms with Gasteiger partial charge in [-0.15, -0.1) is 0 Å². The van der Waals surface area contributed by atoms with Crippen LogP contribution >= 0.6 is 11.6 Å². The number of hydrogen-bond acceptors (Lipinski definition) is 4. The first kappa shape index (κ1) is 18.0. The summed E-state index contributed by atoms with van der Waals surface area (Å²) in [6.07, 6.45) is 0. The molecular weight excluding hydrogens is 314 g/mol. The van der Waals surface area contributed by atoms with Crippen molar-refractivity contribution in [3.8, 4) is 5.75 Å².